The molecule has 20 heavy (non-hydrogen) atoms. The predicted octanol–water partition coefficient (Wildman–Crippen LogP) is 2.91. The van der Waals surface area contributed by atoms with Gasteiger partial charge in [0.2, 0.25) is 10.0 Å². The minimum atomic E-state index is -3.61. The molecule has 1 N–H and O–H groups in total. The van der Waals surface area contributed by atoms with Gasteiger partial charge in [-0.15, -0.1) is 0 Å². The Morgan fingerprint density at radius 1 is 1.05 bits per heavy atom. The van der Waals surface area contributed by atoms with Crippen molar-refractivity contribution in [3.05, 3.63) is 58.3 Å². The molecule has 1 aromatic heterocycles. The van der Waals surface area contributed by atoms with Gasteiger partial charge in [0.1, 0.15) is 0 Å². The van der Waals surface area contributed by atoms with Gasteiger partial charge in [0.15, 0.2) is 0 Å². The highest BCUT2D eigenvalue weighted by Crippen LogP contribution is 2.22. The van der Waals surface area contributed by atoms with Crippen LogP contribution >= 0.6 is 23.2 Å². The number of pyridine rings is 1. The summed E-state index contributed by atoms with van der Waals surface area (Å²) in [4.78, 5) is 3.96. The second-order valence-corrected chi connectivity index (χ2v) is 6.75. The smallest absolute Gasteiger partial charge is 0.240 e. The SMILES string of the molecule is O=S(=O)(NCCc1ccncc1)c1cc(Cl)cc(Cl)c1. The summed E-state index contributed by atoms with van der Waals surface area (Å²) in [6.07, 6.45) is 3.91. The molecule has 2 rings (SSSR count). The third-order valence-corrected chi connectivity index (χ3v) is 4.48. The highest BCUT2D eigenvalue weighted by atomic mass is 35.5. The largest absolute Gasteiger partial charge is 0.265 e. The van der Waals surface area contributed by atoms with Gasteiger partial charge < -0.3 is 0 Å². The lowest BCUT2D eigenvalue weighted by Crippen LogP contribution is -2.26. The zero-order valence-electron chi connectivity index (χ0n) is 10.4. The standard InChI is InChI=1S/C13H12Cl2N2O2S/c14-11-7-12(15)9-13(8-11)20(18,19)17-6-3-10-1-4-16-5-2-10/h1-2,4-5,7-9,17H,3,6H2. The summed E-state index contributed by atoms with van der Waals surface area (Å²) in [6, 6.07) is 7.89. The molecule has 2 aromatic rings. The van der Waals surface area contributed by atoms with E-state index in [-0.39, 0.29) is 21.5 Å². The Balaban J connectivity index is 2.04. The van der Waals surface area contributed by atoms with Crippen molar-refractivity contribution in [2.75, 3.05) is 6.54 Å². The Morgan fingerprint density at radius 3 is 2.25 bits per heavy atom. The van der Waals surface area contributed by atoms with Crippen LogP contribution in [0.25, 0.3) is 0 Å². The van der Waals surface area contributed by atoms with Gasteiger partial charge in [-0.1, -0.05) is 23.2 Å². The summed E-state index contributed by atoms with van der Waals surface area (Å²) in [7, 11) is -3.61. The molecule has 0 radical (unpaired) electrons. The van der Waals surface area contributed by atoms with E-state index in [1.54, 1.807) is 12.4 Å². The van der Waals surface area contributed by atoms with Crippen molar-refractivity contribution in [1.82, 2.24) is 9.71 Å². The molecule has 4 nitrogen and oxygen atoms in total. The molecule has 0 bridgehead atoms. The molecule has 0 aliphatic rings. The van der Waals surface area contributed by atoms with E-state index in [9.17, 15) is 8.42 Å². The van der Waals surface area contributed by atoms with Crippen molar-refractivity contribution in [3.8, 4) is 0 Å². The van der Waals surface area contributed by atoms with Crippen LogP contribution in [0.2, 0.25) is 10.0 Å². The van der Waals surface area contributed by atoms with E-state index in [1.165, 1.54) is 18.2 Å². The predicted molar refractivity (Wildman–Crippen MR) is 79.6 cm³/mol. The van der Waals surface area contributed by atoms with Crippen LogP contribution in [0.3, 0.4) is 0 Å². The molecule has 106 valence electrons. The Labute approximate surface area is 127 Å². The zero-order valence-corrected chi connectivity index (χ0v) is 12.7. The Bertz CT molecular complexity index is 671. The average Bonchev–Trinajstić information content (AvgIpc) is 2.38. The van der Waals surface area contributed by atoms with E-state index in [1.807, 2.05) is 12.1 Å². The molecule has 0 amide bonds. The molecule has 0 aliphatic carbocycles. The maximum atomic E-state index is 12.1. The summed E-state index contributed by atoms with van der Waals surface area (Å²) in [6.45, 7) is 0.288. The van der Waals surface area contributed by atoms with Crippen molar-refractivity contribution in [1.29, 1.82) is 0 Å². The van der Waals surface area contributed by atoms with E-state index in [2.05, 4.69) is 9.71 Å². The lowest BCUT2D eigenvalue weighted by atomic mass is 10.2. The normalized spacial score (nSPS) is 11.5. The molecule has 0 aliphatic heterocycles. The molecular weight excluding hydrogens is 319 g/mol. The van der Waals surface area contributed by atoms with Crippen molar-refractivity contribution in [3.63, 3.8) is 0 Å². The maximum absolute atomic E-state index is 12.1. The number of rotatable bonds is 5. The summed E-state index contributed by atoms with van der Waals surface area (Å²) in [5.74, 6) is 0. The van der Waals surface area contributed by atoms with Gasteiger partial charge in [-0.3, -0.25) is 4.98 Å². The minimum Gasteiger partial charge on any atom is -0.265 e. The van der Waals surface area contributed by atoms with Crippen molar-refractivity contribution < 1.29 is 8.42 Å². The molecule has 1 aromatic carbocycles. The Hall–Kier alpha value is -1.14. The van der Waals surface area contributed by atoms with Crippen LogP contribution in [0.1, 0.15) is 5.56 Å². The molecule has 0 fully saturated rings. The van der Waals surface area contributed by atoms with Crippen molar-refractivity contribution in [2.45, 2.75) is 11.3 Å². The topological polar surface area (TPSA) is 59.1 Å². The van der Waals surface area contributed by atoms with Gasteiger partial charge in [-0.25, -0.2) is 13.1 Å². The maximum Gasteiger partial charge on any atom is 0.240 e. The molecule has 7 heteroatoms. The first kappa shape index (κ1) is 15.3. The van der Waals surface area contributed by atoms with Crippen molar-refractivity contribution >= 4 is 33.2 Å². The Morgan fingerprint density at radius 2 is 1.65 bits per heavy atom. The van der Waals surface area contributed by atoms with Crippen LogP contribution in [-0.4, -0.2) is 19.9 Å². The van der Waals surface area contributed by atoms with Gasteiger partial charge in [-0.2, -0.15) is 0 Å². The van der Waals surface area contributed by atoms with Crippen LogP contribution in [0.5, 0.6) is 0 Å². The van der Waals surface area contributed by atoms with Crippen LogP contribution < -0.4 is 4.72 Å². The van der Waals surface area contributed by atoms with Crippen LogP contribution in [0, 0.1) is 0 Å². The summed E-state index contributed by atoms with van der Waals surface area (Å²) < 4.78 is 26.7. The molecule has 0 spiro atoms. The molecule has 0 atom stereocenters. The number of nitrogens with one attached hydrogen (secondary N) is 1. The first-order chi connectivity index (χ1) is 9.47. The number of nitrogens with zero attached hydrogens (tertiary/aromatic N) is 1. The van der Waals surface area contributed by atoms with Crippen molar-refractivity contribution in [2.24, 2.45) is 0 Å². The van der Waals surface area contributed by atoms with E-state index in [4.69, 9.17) is 23.2 Å². The number of halogens is 2. The number of sulfonamides is 1. The van der Waals surface area contributed by atoms with Gasteiger partial charge in [-0.05, 0) is 42.3 Å². The van der Waals surface area contributed by atoms with Gasteiger partial charge in [0, 0.05) is 29.0 Å². The number of hydrogen-bond acceptors (Lipinski definition) is 3. The minimum absolute atomic E-state index is 0.0599. The fraction of sp³-hybridized carbons (Fsp3) is 0.154. The zero-order chi connectivity index (χ0) is 14.6. The Kier molecular flexibility index (Phi) is 4.99. The second kappa shape index (κ2) is 6.54. The van der Waals surface area contributed by atoms with E-state index < -0.39 is 10.0 Å². The fourth-order valence-corrected chi connectivity index (χ4v) is 3.40. The molecule has 0 saturated heterocycles. The molecular formula is C13H12Cl2N2O2S. The molecule has 0 unspecified atom stereocenters. The van der Waals surface area contributed by atoms with Crippen LogP contribution in [-0.2, 0) is 16.4 Å². The first-order valence-corrected chi connectivity index (χ1v) is 8.06. The number of aromatic nitrogens is 1. The van der Waals surface area contributed by atoms with Crippen LogP contribution in [0.4, 0.5) is 0 Å². The molecule has 0 saturated carbocycles. The van der Waals surface area contributed by atoms with E-state index in [0.29, 0.717) is 6.42 Å². The monoisotopic (exact) mass is 330 g/mol. The van der Waals surface area contributed by atoms with E-state index >= 15 is 0 Å². The highest BCUT2D eigenvalue weighted by molar-refractivity contribution is 7.89. The first-order valence-electron chi connectivity index (χ1n) is 5.82. The lowest BCUT2D eigenvalue weighted by Gasteiger charge is -2.07. The summed E-state index contributed by atoms with van der Waals surface area (Å²) in [5.41, 5.74) is 1.01. The average molecular weight is 331 g/mol. The quantitative estimate of drug-likeness (QED) is 0.916. The van der Waals surface area contributed by atoms with Gasteiger partial charge >= 0.3 is 0 Å². The third-order valence-electron chi connectivity index (χ3n) is 2.60. The number of benzene rings is 1. The summed E-state index contributed by atoms with van der Waals surface area (Å²) >= 11 is 11.6. The second-order valence-electron chi connectivity index (χ2n) is 4.11. The molecule has 1 heterocycles. The lowest BCUT2D eigenvalue weighted by molar-refractivity contribution is 0.581. The highest BCUT2D eigenvalue weighted by Gasteiger charge is 2.14. The summed E-state index contributed by atoms with van der Waals surface area (Å²) in [5, 5.41) is 0.569. The van der Waals surface area contributed by atoms with Gasteiger partial charge in [0.05, 0.1) is 4.90 Å². The fourth-order valence-electron chi connectivity index (χ4n) is 1.65. The van der Waals surface area contributed by atoms with E-state index in [0.717, 1.165) is 5.56 Å². The van der Waals surface area contributed by atoms with Crippen LogP contribution in [0.15, 0.2) is 47.6 Å². The number of hydrogen-bond donors (Lipinski definition) is 1. The third kappa shape index (κ3) is 4.18. The van der Waals surface area contributed by atoms with Gasteiger partial charge in [0.25, 0.3) is 0 Å².